The fraction of sp³-hybridized carbons (Fsp3) is 1.00. The second-order valence-electron chi connectivity index (χ2n) is 7.77. The standard InChI is InChI=1S/C14H5ClF26OSi/c1-2-42-43(15,13(38,39)9(28,29)5(20,21)3(16,17)7(24,25)11(32,33)34)14(40,41)10(30,31)6(22,23)4(18,19)8(26,27)12(35,36)37/h2H2,1H3. The molecule has 0 aliphatic carbocycles. The van der Waals surface area contributed by atoms with Crippen LogP contribution in [-0.4, -0.2) is 85.1 Å². The summed E-state index contributed by atoms with van der Waals surface area (Å²) in [5, 5.41) is 0. The molecule has 0 aromatic heterocycles. The Morgan fingerprint density at radius 1 is 0.372 bits per heavy atom. The topological polar surface area (TPSA) is 9.23 Å². The predicted molar refractivity (Wildman–Crippen MR) is 84.8 cm³/mol. The molecule has 0 aromatic rings. The number of halogens is 27. The monoisotopic (exact) mass is 746 g/mol. The number of hydrogen-bond donors (Lipinski definition) is 0. The summed E-state index contributed by atoms with van der Waals surface area (Å²) in [5.74, 6) is -71.6. The van der Waals surface area contributed by atoms with Gasteiger partial charge in [-0.05, 0) is 6.92 Å². The Morgan fingerprint density at radius 2 is 0.558 bits per heavy atom. The van der Waals surface area contributed by atoms with E-state index in [-0.39, 0.29) is 6.92 Å². The van der Waals surface area contributed by atoms with Gasteiger partial charge in [0.05, 0.1) is 0 Å². The van der Waals surface area contributed by atoms with Crippen molar-refractivity contribution in [2.75, 3.05) is 6.61 Å². The van der Waals surface area contributed by atoms with Gasteiger partial charge in [0.2, 0.25) is 0 Å². The maximum Gasteiger partial charge on any atom is 0.460 e. The highest BCUT2D eigenvalue weighted by atomic mass is 35.6. The van der Waals surface area contributed by atoms with Gasteiger partial charge in [0, 0.05) is 6.61 Å². The molecule has 0 rings (SSSR count). The van der Waals surface area contributed by atoms with Crippen LogP contribution in [0.15, 0.2) is 0 Å². The van der Waals surface area contributed by atoms with Crippen LogP contribution in [-0.2, 0) is 4.43 Å². The van der Waals surface area contributed by atoms with E-state index in [4.69, 9.17) is 0 Å². The van der Waals surface area contributed by atoms with Crippen molar-refractivity contribution in [3.05, 3.63) is 0 Å². The molecule has 0 amide bonds. The van der Waals surface area contributed by atoms with Gasteiger partial charge in [-0.15, -0.1) is 11.1 Å². The SMILES string of the molecule is CCO[Si](Cl)(C(F)(F)C(F)(F)C(F)(F)C(F)(F)C(F)(F)C(F)(F)F)C(F)(F)C(F)(F)C(F)(F)C(F)(F)C(F)(F)C(F)(F)F. The third-order valence-corrected chi connectivity index (χ3v) is 9.70. The molecule has 29 heteroatoms. The van der Waals surface area contributed by atoms with Gasteiger partial charge in [-0.2, -0.15) is 114 Å². The molecular formula is C14H5ClF26OSi. The molecule has 0 saturated heterocycles. The van der Waals surface area contributed by atoms with Crippen LogP contribution in [0.4, 0.5) is 114 Å². The molecular weight excluding hydrogens is 742 g/mol. The second-order valence-corrected chi connectivity index (χ2v) is 12.1. The molecule has 0 radical (unpaired) electrons. The van der Waals surface area contributed by atoms with E-state index in [2.05, 4.69) is 15.5 Å². The average molecular weight is 747 g/mol. The van der Waals surface area contributed by atoms with Crippen molar-refractivity contribution in [3.63, 3.8) is 0 Å². The van der Waals surface area contributed by atoms with E-state index in [1.807, 2.05) is 0 Å². The molecule has 0 saturated carbocycles. The van der Waals surface area contributed by atoms with E-state index < -0.39 is 85.1 Å². The minimum Gasteiger partial charge on any atom is -0.396 e. The first-order chi connectivity index (χ1) is 18.1. The molecule has 0 atom stereocenters. The smallest absolute Gasteiger partial charge is 0.396 e. The lowest BCUT2D eigenvalue weighted by Crippen LogP contribution is -2.82. The molecule has 0 aromatic carbocycles. The third kappa shape index (κ3) is 4.96. The summed E-state index contributed by atoms with van der Waals surface area (Å²) in [5.41, 5.74) is -17.5. The van der Waals surface area contributed by atoms with E-state index in [1.54, 1.807) is 0 Å². The highest BCUT2D eigenvalue weighted by Crippen LogP contribution is 2.67. The van der Waals surface area contributed by atoms with E-state index in [0.29, 0.717) is 0 Å². The lowest BCUT2D eigenvalue weighted by atomic mass is 9.98. The van der Waals surface area contributed by atoms with E-state index in [0.717, 1.165) is 0 Å². The Morgan fingerprint density at radius 3 is 0.721 bits per heavy atom. The molecule has 0 aliphatic heterocycles. The maximum atomic E-state index is 14.4. The number of hydrogen-bond acceptors (Lipinski definition) is 1. The van der Waals surface area contributed by atoms with Crippen LogP contribution < -0.4 is 0 Å². The van der Waals surface area contributed by atoms with Crippen LogP contribution >= 0.6 is 11.1 Å². The Kier molecular flexibility index (Phi) is 10.0. The highest BCUT2D eigenvalue weighted by Gasteiger charge is 3.00. The molecule has 0 spiro atoms. The summed E-state index contributed by atoms with van der Waals surface area (Å²) < 4.78 is 349. The Hall–Kier alpha value is -1.35. The first kappa shape index (κ1) is 41.6. The van der Waals surface area contributed by atoms with Crippen molar-refractivity contribution in [2.24, 2.45) is 0 Å². The van der Waals surface area contributed by atoms with Crippen LogP contribution in [0.5, 0.6) is 0 Å². The molecule has 0 N–H and O–H groups in total. The largest absolute Gasteiger partial charge is 0.460 e. The molecule has 1 nitrogen and oxygen atoms in total. The summed E-state index contributed by atoms with van der Waals surface area (Å²) >= 11 is 3.99. The summed E-state index contributed by atoms with van der Waals surface area (Å²) in [6.45, 7) is -2.74. The molecule has 43 heavy (non-hydrogen) atoms. The predicted octanol–water partition coefficient (Wildman–Crippen LogP) is 9.26. The van der Waals surface area contributed by atoms with Crippen molar-refractivity contribution < 1.29 is 119 Å². The van der Waals surface area contributed by atoms with Crippen LogP contribution in [0.1, 0.15) is 6.92 Å². The first-order valence-corrected chi connectivity index (χ1v) is 12.2. The molecule has 0 bridgehead atoms. The summed E-state index contributed by atoms with van der Waals surface area (Å²) in [6.07, 6.45) is -16.2. The molecule has 0 fully saturated rings. The van der Waals surface area contributed by atoms with Crippen LogP contribution in [0.2, 0.25) is 0 Å². The van der Waals surface area contributed by atoms with Gasteiger partial charge < -0.3 is 4.43 Å². The minimum absolute atomic E-state index is 0.221. The lowest BCUT2D eigenvalue weighted by molar-refractivity contribution is -0.439. The third-order valence-electron chi connectivity index (χ3n) is 5.02. The molecule has 260 valence electrons. The van der Waals surface area contributed by atoms with E-state index >= 15 is 0 Å². The zero-order valence-electron chi connectivity index (χ0n) is 18.8. The van der Waals surface area contributed by atoms with Crippen LogP contribution in [0.3, 0.4) is 0 Å². The summed E-state index contributed by atoms with van der Waals surface area (Å²) in [4.78, 5) is 0. The van der Waals surface area contributed by atoms with Crippen molar-refractivity contribution in [3.8, 4) is 0 Å². The lowest BCUT2D eigenvalue weighted by Gasteiger charge is -2.47. The molecule has 0 aliphatic rings. The number of rotatable bonds is 12. The summed E-state index contributed by atoms with van der Waals surface area (Å²) in [7, 11) is -9.94. The van der Waals surface area contributed by atoms with Gasteiger partial charge in [-0.3, -0.25) is 0 Å². The number of alkyl halides is 26. The van der Waals surface area contributed by atoms with Crippen molar-refractivity contribution >= 4 is 18.7 Å². The van der Waals surface area contributed by atoms with Crippen molar-refractivity contribution in [1.29, 1.82) is 0 Å². The van der Waals surface area contributed by atoms with E-state index in [9.17, 15) is 114 Å². The summed E-state index contributed by atoms with van der Waals surface area (Å²) in [6, 6.07) is 0. The normalized spacial score (nSPS) is 17.0. The van der Waals surface area contributed by atoms with Gasteiger partial charge in [-0.25, -0.2) is 0 Å². The zero-order chi connectivity index (χ0) is 35.9. The van der Waals surface area contributed by atoms with Crippen LogP contribution in [0, 0.1) is 0 Å². The van der Waals surface area contributed by atoms with Crippen molar-refractivity contribution in [2.45, 2.75) is 77.7 Å². The van der Waals surface area contributed by atoms with Gasteiger partial charge >= 0.3 is 78.5 Å². The zero-order valence-corrected chi connectivity index (χ0v) is 20.6. The van der Waals surface area contributed by atoms with Gasteiger partial charge in [0.1, 0.15) is 0 Å². The quantitative estimate of drug-likeness (QED) is 0.110. The fourth-order valence-corrected chi connectivity index (χ4v) is 5.84. The van der Waals surface area contributed by atoms with Gasteiger partial charge in [-0.1, -0.05) is 0 Å². The fourth-order valence-electron chi connectivity index (χ4n) is 2.52. The molecule has 0 unspecified atom stereocenters. The maximum absolute atomic E-state index is 14.4. The second kappa shape index (κ2) is 10.3. The first-order valence-electron chi connectivity index (χ1n) is 9.30. The Balaban J connectivity index is 7.74. The van der Waals surface area contributed by atoms with Gasteiger partial charge in [0.15, 0.2) is 0 Å². The van der Waals surface area contributed by atoms with Crippen molar-refractivity contribution in [1.82, 2.24) is 0 Å². The Bertz CT molecular complexity index is 934. The Labute approximate surface area is 222 Å². The van der Waals surface area contributed by atoms with Crippen LogP contribution in [0.25, 0.3) is 0 Å². The van der Waals surface area contributed by atoms with Gasteiger partial charge in [0.25, 0.3) is 0 Å². The molecule has 0 heterocycles. The highest BCUT2D eigenvalue weighted by molar-refractivity contribution is 7.19. The average Bonchev–Trinajstić information content (AvgIpc) is 2.76. The minimum atomic E-state index is -9.94. The van der Waals surface area contributed by atoms with E-state index in [1.165, 1.54) is 0 Å².